The highest BCUT2D eigenvalue weighted by Crippen LogP contribution is 2.28. The molecule has 0 amide bonds. The van der Waals surface area contributed by atoms with Gasteiger partial charge in [-0.15, -0.1) is 0 Å². The van der Waals surface area contributed by atoms with Crippen LogP contribution in [0, 0.1) is 5.92 Å². The molecular weight excluding hydrogens is 253 g/mol. The quantitative estimate of drug-likeness (QED) is 0.853. The lowest BCUT2D eigenvalue weighted by Crippen LogP contribution is -2.44. The molecule has 1 N–H and O–H groups in total. The number of nitrogens with zero attached hydrogens (tertiary/aromatic N) is 1. The van der Waals surface area contributed by atoms with Gasteiger partial charge in [-0.25, -0.2) is 0 Å². The van der Waals surface area contributed by atoms with Gasteiger partial charge in [-0.1, -0.05) is 19.3 Å². The molecule has 2 rings (SSSR count). The second-order valence-electron chi connectivity index (χ2n) is 5.98. The molecule has 0 aromatic heterocycles. The lowest BCUT2D eigenvalue weighted by molar-refractivity contribution is -0.138. The van der Waals surface area contributed by atoms with Gasteiger partial charge in [-0.05, 0) is 38.3 Å². The average molecular weight is 278 g/mol. The van der Waals surface area contributed by atoms with Gasteiger partial charge < -0.3 is 10.2 Å². The number of hydrogen-bond acceptors (Lipinski definition) is 2. The SMILES string of the molecule is FC(F)(F)CCN1CCCNC(C2CCCCC2)C1. The number of halogens is 3. The summed E-state index contributed by atoms with van der Waals surface area (Å²) in [5.74, 6) is 0.667. The van der Waals surface area contributed by atoms with Crippen LogP contribution >= 0.6 is 0 Å². The monoisotopic (exact) mass is 278 g/mol. The molecule has 0 aromatic carbocycles. The van der Waals surface area contributed by atoms with Crippen molar-refractivity contribution < 1.29 is 13.2 Å². The number of alkyl halides is 3. The Balaban J connectivity index is 1.83. The molecule has 5 heteroatoms. The van der Waals surface area contributed by atoms with E-state index in [0.717, 1.165) is 26.1 Å². The standard InChI is InChI=1S/C14H25F3N2/c15-14(16,17)7-10-19-9-4-8-18-13(11-19)12-5-2-1-3-6-12/h12-13,18H,1-11H2. The van der Waals surface area contributed by atoms with E-state index in [0.29, 0.717) is 12.0 Å². The van der Waals surface area contributed by atoms with Crippen LogP contribution in [0.3, 0.4) is 0 Å². The highest BCUT2D eigenvalue weighted by Gasteiger charge is 2.30. The molecule has 112 valence electrons. The van der Waals surface area contributed by atoms with E-state index < -0.39 is 12.6 Å². The maximum absolute atomic E-state index is 12.3. The Morgan fingerprint density at radius 2 is 1.79 bits per heavy atom. The van der Waals surface area contributed by atoms with Crippen molar-refractivity contribution in [1.29, 1.82) is 0 Å². The van der Waals surface area contributed by atoms with Crippen molar-refractivity contribution in [1.82, 2.24) is 10.2 Å². The van der Waals surface area contributed by atoms with E-state index in [1.165, 1.54) is 32.1 Å². The highest BCUT2D eigenvalue weighted by atomic mass is 19.4. The second-order valence-corrected chi connectivity index (χ2v) is 5.98. The van der Waals surface area contributed by atoms with Crippen molar-refractivity contribution in [3.05, 3.63) is 0 Å². The molecule has 1 atom stereocenters. The topological polar surface area (TPSA) is 15.3 Å². The maximum atomic E-state index is 12.3. The summed E-state index contributed by atoms with van der Waals surface area (Å²) in [5, 5.41) is 3.56. The van der Waals surface area contributed by atoms with E-state index in [1.807, 2.05) is 4.90 Å². The van der Waals surface area contributed by atoms with Crippen LogP contribution in [-0.2, 0) is 0 Å². The van der Waals surface area contributed by atoms with E-state index in [2.05, 4.69) is 5.32 Å². The third-order valence-corrected chi connectivity index (χ3v) is 4.44. The minimum absolute atomic E-state index is 0.161. The van der Waals surface area contributed by atoms with E-state index in [4.69, 9.17) is 0 Å². The molecule has 19 heavy (non-hydrogen) atoms. The van der Waals surface area contributed by atoms with Crippen LogP contribution in [0.5, 0.6) is 0 Å². The first-order valence-corrected chi connectivity index (χ1v) is 7.57. The molecule has 0 aromatic rings. The fourth-order valence-corrected chi connectivity index (χ4v) is 3.36. The predicted octanol–water partition coefficient (Wildman–Crippen LogP) is 3.18. The molecule has 2 nitrogen and oxygen atoms in total. The lowest BCUT2D eigenvalue weighted by atomic mass is 9.83. The van der Waals surface area contributed by atoms with E-state index in [-0.39, 0.29) is 6.54 Å². The normalized spacial score (nSPS) is 28.3. The lowest BCUT2D eigenvalue weighted by Gasteiger charge is -2.33. The zero-order valence-electron chi connectivity index (χ0n) is 11.5. The summed E-state index contributed by atoms with van der Waals surface area (Å²) in [6.07, 6.45) is 2.62. The van der Waals surface area contributed by atoms with Crippen LogP contribution in [-0.4, -0.2) is 43.3 Å². The summed E-state index contributed by atoms with van der Waals surface area (Å²) in [7, 11) is 0. The molecule has 0 bridgehead atoms. The fourth-order valence-electron chi connectivity index (χ4n) is 3.36. The molecule has 1 saturated carbocycles. The first-order valence-electron chi connectivity index (χ1n) is 7.57. The molecule has 0 spiro atoms. The Labute approximate surface area is 113 Å². The van der Waals surface area contributed by atoms with Gasteiger partial charge in [-0.2, -0.15) is 13.2 Å². The number of rotatable bonds is 3. The van der Waals surface area contributed by atoms with Gasteiger partial charge in [0.1, 0.15) is 0 Å². The maximum Gasteiger partial charge on any atom is 0.390 e. The van der Waals surface area contributed by atoms with Gasteiger partial charge in [0.05, 0.1) is 6.42 Å². The Bertz CT molecular complexity index is 262. The average Bonchev–Trinajstić information content (AvgIpc) is 2.62. The van der Waals surface area contributed by atoms with Crippen molar-refractivity contribution in [3.8, 4) is 0 Å². The fraction of sp³-hybridized carbons (Fsp3) is 1.00. The zero-order valence-corrected chi connectivity index (χ0v) is 11.5. The van der Waals surface area contributed by atoms with Crippen molar-refractivity contribution in [3.63, 3.8) is 0 Å². The third kappa shape index (κ3) is 5.30. The van der Waals surface area contributed by atoms with Crippen LogP contribution in [0.25, 0.3) is 0 Å². The Kier molecular flexibility index (Phi) is 5.51. The Morgan fingerprint density at radius 3 is 2.47 bits per heavy atom. The minimum atomic E-state index is -4.03. The van der Waals surface area contributed by atoms with E-state index in [9.17, 15) is 13.2 Å². The van der Waals surface area contributed by atoms with Gasteiger partial charge in [0.15, 0.2) is 0 Å². The van der Waals surface area contributed by atoms with E-state index >= 15 is 0 Å². The van der Waals surface area contributed by atoms with Crippen molar-refractivity contribution in [2.75, 3.05) is 26.2 Å². The number of hydrogen-bond donors (Lipinski definition) is 1. The predicted molar refractivity (Wildman–Crippen MR) is 70.1 cm³/mol. The zero-order chi connectivity index (χ0) is 13.7. The van der Waals surface area contributed by atoms with Crippen LogP contribution in [0.2, 0.25) is 0 Å². The van der Waals surface area contributed by atoms with Gasteiger partial charge in [0.25, 0.3) is 0 Å². The summed E-state index contributed by atoms with van der Waals surface area (Å²) < 4.78 is 37.0. The highest BCUT2D eigenvalue weighted by molar-refractivity contribution is 4.84. The van der Waals surface area contributed by atoms with Crippen LogP contribution < -0.4 is 5.32 Å². The van der Waals surface area contributed by atoms with Crippen LogP contribution in [0.4, 0.5) is 13.2 Å². The van der Waals surface area contributed by atoms with E-state index in [1.54, 1.807) is 0 Å². The van der Waals surface area contributed by atoms with Crippen LogP contribution in [0.1, 0.15) is 44.9 Å². The van der Waals surface area contributed by atoms with Gasteiger partial charge in [-0.3, -0.25) is 0 Å². The first kappa shape index (κ1) is 15.1. The minimum Gasteiger partial charge on any atom is -0.312 e. The van der Waals surface area contributed by atoms with Gasteiger partial charge in [0, 0.05) is 19.1 Å². The van der Waals surface area contributed by atoms with Crippen LogP contribution in [0.15, 0.2) is 0 Å². The molecule has 2 aliphatic rings. The summed E-state index contributed by atoms with van der Waals surface area (Å²) in [6.45, 7) is 2.70. The molecule has 2 fully saturated rings. The van der Waals surface area contributed by atoms with Crippen molar-refractivity contribution >= 4 is 0 Å². The molecule has 1 aliphatic heterocycles. The largest absolute Gasteiger partial charge is 0.390 e. The molecule has 1 unspecified atom stereocenters. The molecular formula is C14H25F3N2. The molecule has 0 radical (unpaired) electrons. The third-order valence-electron chi connectivity index (χ3n) is 4.44. The summed E-state index contributed by atoms with van der Waals surface area (Å²) in [6, 6.07) is 0.399. The summed E-state index contributed by atoms with van der Waals surface area (Å²) >= 11 is 0. The Hall–Kier alpha value is -0.290. The molecule has 1 saturated heterocycles. The van der Waals surface area contributed by atoms with Gasteiger partial charge >= 0.3 is 6.18 Å². The number of nitrogens with one attached hydrogen (secondary N) is 1. The molecule has 1 aliphatic carbocycles. The van der Waals surface area contributed by atoms with Crippen molar-refractivity contribution in [2.45, 2.75) is 57.2 Å². The smallest absolute Gasteiger partial charge is 0.312 e. The summed E-state index contributed by atoms with van der Waals surface area (Å²) in [5.41, 5.74) is 0. The Morgan fingerprint density at radius 1 is 1.05 bits per heavy atom. The molecule has 1 heterocycles. The second kappa shape index (κ2) is 6.93. The first-order chi connectivity index (χ1) is 9.04. The van der Waals surface area contributed by atoms with Gasteiger partial charge in [0.2, 0.25) is 0 Å². The summed E-state index contributed by atoms with van der Waals surface area (Å²) in [4.78, 5) is 2.01. The van der Waals surface area contributed by atoms with Crippen molar-refractivity contribution in [2.24, 2.45) is 5.92 Å².